The van der Waals surface area contributed by atoms with Gasteiger partial charge in [0.15, 0.2) is 24.4 Å². The van der Waals surface area contributed by atoms with Crippen LogP contribution >= 0.6 is 23.5 Å². The molecule has 0 aliphatic carbocycles. The SMILES string of the molecule is CC(C)C[C@H]1C(=O)O[C@H](Cc2ccc(Cn3cc(SC(C)C)cn3)cc2)C(=O)N(C)[C@@H](CC(C)C)C(=O)O[C@H](C)C(=O)N(C)[C@@H](CC(C)C)C(=O)O[C@H](Cc2ccc(Cn3cc(SC(C)C)cn3)cc2)C(=O)N(C)[C@@H](CC(C)C)C(=O)O[C@H](C)C(=O)N1C. The zero-order valence-electron chi connectivity index (χ0n) is 55.0. The van der Waals surface area contributed by atoms with Crippen LogP contribution in [0.1, 0.15) is 145 Å². The molecule has 8 atom stereocenters. The number of thioether (sulfide) groups is 2. The van der Waals surface area contributed by atoms with Crippen molar-refractivity contribution in [3.8, 4) is 0 Å². The minimum atomic E-state index is -1.54. The first-order valence-corrected chi connectivity index (χ1v) is 32.5. The molecular formula is C66H96N8O12S2. The first-order chi connectivity index (χ1) is 41.3. The zero-order chi connectivity index (χ0) is 65.4. The summed E-state index contributed by atoms with van der Waals surface area (Å²) in [5.41, 5.74) is 3.08. The molecule has 0 bridgehead atoms. The monoisotopic (exact) mass is 1260 g/mol. The number of aromatic nitrogens is 4. The standard InChI is InChI=1S/C66H96N8O12S2/c1-39(2)27-53-63(79)83-45(13)59(75)69(15)56(30-42(7)8)66(82)86-58(32-48-21-25-50(26-22-48)36-74-38-52(34-68-74)88-44(11)12)62(78)72(18)54(28-40(3)4)64(80)84-46(14)60(76)70(16)55(29-41(5)6)65(81)85-57(61(77)71(53)17)31-47-19-23-49(24-20-47)35-73-37-51(33-67-73)87-43(9)10/h19-26,33-34,37-46,53-58H,27-32,35-36H2,1-18H3/t45-,46-,53+,54+,55+,56+,57-,58-/m1/s1. The van der Waals surface area contributed by atoms with Crippen molar-refractivity contribution in [1.29, 1.82) is 0 Å². The van der Waals surface area contributed by atoms with Crippen molar-refractivity contribution >= 4 is 71.0 Å². The Bertz CT molecular complexity index is 2760. The van der Waals surface area contributed by atoms with Gasteiger partial charge < -0.3 is 38.5 Å². The number of benzene rings is 2. The molecule has 20 nitrogen and oxygen atoms in total. The van der Waals surface area contributed by atoms with Crippen LogP contribution in [-0.2, 0) is 83.2 Å². The van der Waals surface area contributed by atoms with Crippen LogP contribution < -0.4 is 0 Å². The summed E-state index contributed by atoms with van der Waals surface area (Å²) < 4.78 is 28.0. The second kappa shape index (κ2) is 33.2. The number of carbonyl (C=O) groups is 8. The lowest BCUT2D eigenvalue weighted by Gasteiger charge is -2.35. The average molecular weight is 1260 g/mol. The molecule has 1 saturated heterocycles. The summed E-state index contributed by atoms with van der Waals surface area (Å²) in [5, 5.41) is 9.80. The summed E-state index contributed by atoms with van der Waals surface area (Å²) in [6.07, 6.45) is 1.59. The van der Waals surface area contributed by atoms with Gasteiger partial charge in [0.05, 0.1) is 25.5 Å². The maximum atomic E-state index is 15.1. The van der Waals surface area contributed by atoms with E-state index in [-0.39, 0.29) is 62.2 Å². The molecule has 3 heterocycles. The van der Waals surface area contributed by atoms with E-state index in [9.17, 15) is 28.8 Å². The fourth-order valence-electron chi connectivity index (χ4n) is 10.4. The predicted octanol–water partition coefficient (Wildman–Crippen LogP) is 9.16. The van der Waals surface area contributed by atoms with Gasteiger partial charge in [0.1, 0.15) is 24.2 Å². The first kappa shape index (κ1) is 72.1. The van der Waals surface area contributed by atoms with E-state index >= 15 is 9.59 Å². The Balaban J connectivity index is 1.57. The van der Waals surface area contributed by atoms with E-state index in [2.05, 4.69) is 37.9 Å². The number of likely N-dealkylation sites (N-methyl/N-ethyl adjacent to an activating group) is 4. The van der Waals surface area contributed by atoms with Gasteiger partial charge in [0, 0.05) is 73.7 Å². The maximum Gasteiger partial charge on any atom is 0.329 e. The lowest BCUT2D eigenvalue weighted by molar-refractivity contribution is -0.176. The molecule has 1 aliphatic rings. The lowest BCUT2D eigenvalue weighted by Crippen LogP contribution is -2.55. The van der Waals surface area contributed by atoms with Gasteiger partial charge in [-0.1, -0.05) is 132 Å². The van der Waals surface area contributed by atoms with Gasteiger partial charge in [-0.25, -0.2) is 19.2 Å². The van der Waals surface area contributed by atoms with Crippen molar-refractivity contribution in [3.05, 3.63) is 95.6 Å². The Labute approximate surface area is 529 Å². The molecular weight excluding hydrogens is 1160 g/mol. The molecule has 1 aliphatic heterocycles. The fraction of sp³-hybridized carbons (Fsp3) is 0.606. The summed E-state index contributed by atoms with van der Waals surface area (Å²) in [6.45, 7) is 27.0. The van der Waals surface area contributed by atoms with E-state index < -0.39 is 96.1 Å². The topological polar surface area (TPSA) is 222 Å². The van der Waals surface area contributed by atoms with Crippen LogP contribution in [0.25, 0.3) is 0 Å². The lowest BCUT2D eigenvalue weighted by atomic mass is 9.99. The number of carbonyl (C=O) groups excluding carboxylic acids is 8. The number of cyclic esters (lactones) is 4. The molecule has 0 spiro atoms. The van der Waals surface area contributed by atoms with Crippen LogP contribution in [0.5, 0.6) is 0 Å². The van der Waals surface area contributed by atoms with Crippen LogP contribution in [-0.4, -0.2) is 174 Å². The highest BCUT2D eigenvalue weighted by molar-refractivity contribution is 8.00. The Kier molecular flexibility index (Phi) is 27.2. The van der Waals surface area contributed by atoms with Crippen molar-refractivity contribution in [2.75, 3.05) is 28.2 Å². The van der Waals surface area contributed by atoms with Crippen molar-refractivity contribution in [2.24, 2.45) is 23.7 Å². The van der Waals surface area contributed by atoms with E-state index in [1.807, 2.05) is 138 Å². The minimum absolute atomic E-state index is 0.0810. The highest BCUT2D eigenvalue weighted by Gasteiger charge is 2.43. The first-order valence-electron chi connectivity index (χ1n) is 30.7. The molecule has 5 rings (SSSR count). The third kappa shape index (κ3) is 21.2. The molecule has 484 valence electrons. The summed E-state index contributed by atoms with van der Waals surface area (Å²) in [5.74, 6) is -7.43. The molecule has 4 amide bonds. The summed E-state index contributed by atoms with van der Waals surface area (Å²) in [7, 11) is 5.60. The number of amides is 4. The Morgan fingerprint density at radius 3 is 0.932 bits per heavy atom. The fourth-order valence-corrected chi connectivity index (χ4v) is 12.0. The third-order valence-electron chi connectivity index (χ3n) is 15.0. The average Bonchev–Trinajstić information content (AvgIpc) is 3.23. The van der Waals surface area contributed by atoms with Gasteiger partial charge >= 0.3 is 23.9 Å². The van der Waals surface area contributed by atoms with Gasteiger partial charge in [-0.05, 0) is 85.5 Å². The van der Waals surface area contributed by atoms with Crippen molar-refractivity contribution in [1.82, 2.24) is 39.2 Å². The normalized spacial score (nSPS) is 22.4. The Morgan fingerprint density at radius 2 is 0.659 bits per heavy atom. The van der Waals surface area contributed by atoms with Gasteiger partial charge in [-0.3, -0.25) is 28.5 Å². The maximum absolute atomic E-state index is 15.1. The van der Waals surface area contributed by atoms with E-state index in [4.69, 9.17) is 18.9 Å². The second-order valence-electron chi connectivity index (χ2n) is 25.5. The smallest absolute Gasteiger partial charge is 0.329 e. The van der Waals surface area contributed by atoms with Crippen molar-refractivity contribution in [3.63, 3.8) is 0 Å². The van der Waals surface area contributed by atoms with Crippen LogP contribution in [0, 0.1) is 23.7 Å². The Morgan fingerprint density at radius 1 is 0.398 bits per heavy atom. The number of hydrogen-bond donors (Lipinski definition) is 0. The molecule has 4 aromatic rings. The van der Waals surface area contributed by atoms with Crippen molar-refractivity contribution < 1.29 is 57.3 Å². The van der Waals surface area contributed by atoms with Crippen molar-refractivity contribution in [2.45, 2.75) is 217 Å². The number of nitrogens with zero attached hydrogens (tertiary/aromatic N) is 8. The number of hydrogen-bond acceptors (Lipinski definition) is 16. The van der Waals surface area contributed by atoms with Gasteiger partial charge in [0.2, 0.25) is 0 Å². The summed E-state index contributed by atoms with van der Waals surface area (Å²) in [4.78, 5) is 125. The highest BCUT2D eigenvalue weighted by Crippen LogP contribution is 2.27. The van der Waals surface area contributed by atoms with Gasteiger partial charge in [0.25, 0.3) is 23.6 Å². The molecule has 1 fully saturated rings. The molecule has 0 unspecified atom stereocenters. The predicted molar refractivity (Wildman–Crippen MR) is 340 cm³/mol. The molecule has 22 heteroatoms. The summed E-state index contributed by atoms with van der Waals surface area (Å²) in [6, 6.07) is 9.69. The molecule has 0 radical (unpaired) electrons. The number of ether oxygens (including phenoxy) is 4. The number of rotatable bonds is 20. The molecule has 88 heavy (non-hydrogen) atoms. The second-order valence-corrected chi connectivity index (χ2v) is 28.8. The molecule has 2 aromatic heterocycles. The molecule has 0 N–H and O–H groups in total. The van der Waals surface area contributed by atoms with Crippen LogP contribution in [0.15, 0.2) is 83.1 Å². The number of esters is 4. The van der Waals surface area contributed by atoms with E-state index in [0.29, 0.717) is 34.7 Å². The third-order valence-corrected chi connectivity index (χ3v) is 16.9. The van der Waals surface area contributed by atoms with Crippen LogP contribution in [0.3, 0.4) is 0 Å². The summed E-state index contributed by atoms with van der Waals surface area (Å²) >= 11 is 3.41. The zero-order valence-corrected chi connectivity index (χ0v) is 56.6. The quantitative estimate of drug-likeness (QED) is 0.0457. The Hall–Kier alpha value is -6.68. The van der Waals surface area contributed by atoms with Gasteiger partial charge in [-0.2, -0.15) is 10.2 Å². The van der Waals surface area contributed by atoms with E-state index in [1.54, 1.807) is 23.5 Å². The van der Waals surface area contributed by atoms with E-state index in [0.717, 1.165) is 30.7 Å². The minimum Gasteiger partial charge on any atom is -0.451 e. The van der Waals surface area contributed by atoms with E-state index in [1.165, 1.54) is 51.8 Å². The molecule has 2 aromatic carbocycles. The van der Waals surface area contributed by atoms with Crippen LogP contribution in [0.2, 0.25) is 0 Å². The molecule has 0 saturated carbocycles. The van der Waals surface area contributed by atoms with Crippen LogP contribution in [0.4, 0.5) is 0 Å². The highest BCUT2D eigenvalue weighted by atomic mass is 32.2. The largest absolute Gasteiger partial charge is 0.451 e. The van der Waals surface area contributed by atoms with Gasteiger partial charge in [-0.15, -0.1) is 23.5 Å².